The number of hydrogen-bond donors (Lipinski definition) is 4. The van der Waals surface area contributed by atoms with Gasteiger partial charge < -0.3 is 73.1 Å². The molecule has 0 fully saturated rings. The van der Waals surface area contributed by atoms with Crippen LogP contribution in [0.3, 0.4) is 0 Å². The van der Waals surface area contributed by atoms with Crippen LogP contribution in [-0.2, 0) is 74.8 Å². The lowest BCUT2D eigenvalue weighted by atomic mass is 10.1. The van der Waals surface area contributed by atoms with Crippen molar-refractivity contribution in [1.82, 2.24) is 15.5 Å². The molecule has 0 saturated heterocycles. The molecule has 2 aromatic rings. The van der Waals surface area contributed by atoms with Crippen molar-refractivity contribution in [2.24, 2.45) is 0 Å². The maximum atomic E-state index is 12.9. The fourth-order valence-corrected chi connectivity index (χ4v) is 4.55. The van der Waals surface area contributed by atoms with Crippen LogP contribution in [0.2, 0.25) is 0 Å². The van der Waals surface area contributed by atoms with Crippen molar-refractivity contribution in [3.8, 4) is 12.8 Å². The normalized spacial score (nSPS) is 11.7. The molecule has 0 radical (unpaired) electrons. The average molecular weight is 913 g/mol. The first-order valence-corrected chi connectivity index (χ1v) is 20.4. The van der Waals surface area contributed by atoms with Crippen LogP contribution in [0.15, 0.2) is 60.7 Å². The summed E-state index contributed by atoms with van der Waals surface area (Å²) in [5.41, 5.74) is 1.09. The molecule has 4 N–H and O–H groups in total. The second-order valence-electron chi connectivity index (χ2n) is 13.8. The predicted octanol–water partition coefficient (Wildman–Crippen LogP) is 2.34. The molecule has 19 heteroatoms. The quantitative estimate of drug-likeness (QED) is 0.0469. The largest absolute Gasteiger partial charge is 0.444 e. The fourth-order valence-electron chi connectivity index (χ4n) is 4.55. The highest BCUT2D eigenvalue weighted by molar-refractivity contribution is 5.91. The Labute approximate surface area is 380 Å². The predicted molar refractivity (Wildman–Crippen MR) is 238 cm³/mol. The standard InChI is InChI=1S/C22H34N2O8.C15H23NO5.C6H14O3.C2H2/c1-22(2,3)32-21(28)23-12-20(27)24(13-17-8-6-5-7-9-17)18(14-25)19(26)15-31-16-30-11-10-29-4;1-19-7-8-20-12-21-11-15(18)14(10-17)16-9-13-5-3-2-4-6-13;1-3-8-6-9-5-4-7-2;1-2/h5-9,18,25H,10-16H2,1-4H3,(H,23,28);2-6,14,16-17H,7-12H2,1H3;3-6H2,1-2H3;1-2H/t18-;14-;;/m11../s1/i;;;1D. The summed E-state index contributed by atoms with van der Waals surface area (Å²) in [6.07, 6.45) is 5.01. The van der Waals surface area contributed by atoms with Crippen molar-refractivity contribution < 1.29 is 78.1 Å². The zero-order chi connectivity index (χ0) is 49.0. The molecule has 0 aliphatic heterocycles. The number of carbonyl (C=O) groups is 4. The lowest BCUT2D eigenvalue weighted by molar-refractivity contribution is -0.146. The Kier molecular flexibility index (Phi) is 39.6. The molecule has 2 rings (SSSR count). The molecule has 0 aliphatic rings. The second kappa shape index (κ2) is 42.5. The molecule has 64 heavy (non-hydrogen) atoms. The first-order valence-electron chi connectivity index (χ1n) is 20.9. The van der Waals surface area contributed by atoms with Crippen molar-refractivity contribution in [2.45, 2.75) is 58.5 Å². The van der Waals surface area contributed by atoms with Gasteiger partial charge in [0.2, 0.25) is 5.91 Å². The summed E-state index contributed by atoms with van der Waals surface area (Å²) in [5, 5.41) is 24.5. The minimum absolute atomic E-state index is 0.0337. The van der Waals surface area contributed by atoms with Crippen LogP contribution in [0, 0.1) is 12.8 Å². The molecule has 0 aromatic heterocycles. The second-order valence-corrected chi connectivity index (χ2v) is 13.8. The Balaban J connectivity index is 0. The third kappa shape index (κ3) is 35.0. The van der Waals surface area contributed by atoms with Crippen LogP contribution >= 0.6 is 0 Å². The highest BCUT2D eigenvalue weighted by Crippen LogP contribution is 2.11. The number of terminal acetylenes is 1. The number of rotatable bonds is 32. The van der Waals surface area contributed by atoms with E-state index in [0.29, 0.717) is 59.6 Å². The Morgan fingerprint density at radius 1 is 0.703 bits per heavy atom. The van der Waals surface area contributed by atoms with E-state index in [-0.39, 0.29) is 45.7 Å². The van der Waals surface area contributed by atoms with Crippen molar-refractivity contribution >= 4 is 23.6 Å². The van der Waals surface area contributed by atoms with Crippen molar-refractivity contribution in [3.63, 3.8) is 0 Å². The van der Waals surface area contributed by atoms with Crippen LogP contribution in [0.1, 0.15) is 40.2 Å². The molecule has 0 heterocycles. The molecule has 0 aliphatic carbocycles. The molecule has 0 unspecified atom stereocenters. The van der Waals surface area contributed by atoms with Crippen LogP contribution in [-0.4, -0.2) is 177 Å². The Bertz CT molecular complexity index is 1490. The van der Waals surface area contributed by atoms with Gasteiger partial charge in [0, 0.05) is 41.0 Å². The number of nitrogens with zero attached hydrogens (tertiary/aromatic N) is 1. The number of carbonyl (C=O) groups excluding carboxylic acids is 4. The van der Waals surface area contributed by atoms with E-state index in [1.807, 2.05) is 43.3 Å². The van der Waals surface area contributed by atoms with E-state index in [9.17, 15) is 29.4 Å². The van der Waals surface area contributed by atoms with Gasteiger partial charge in [-0.1, -0.05) is 60.7 Å². The summed E-state index contributed by atoms with van der Waals surface area (Å²) < 4.78 is 55.6. The topological polar surface area (TPSA) is 228 Å². The van der Waals surface area contributed by atoms with Gasteiger partial charge in [0.05, 0.1) is 58.9 Å². The van der Waals surface area contributed by atoms with Crippen molar-refractivity contribution in [2.75, 3.05) is 121 Å². The van der Waals surface area contributed by atoms with E-state index in [2.05, 4.69) is 17.1 Å². The number of nitrogens with one attached hydrogen (secondary N) is 2. The molecule has 0 bridgehead atoms. The molecule has 2 atom stereocenters. The minimum atomic E-state index is -1.15. The Morgan fingerprint density at radius 3 is 1.61 bits per heavy atom. The molecule has 0 spiro atoms. The summed E-state index contributed by atoms with van der Waals surface area (Å²) in [6.45, 7) is 9.74. The molecular weight excluding hydrogens is 838 g/mol. The number of amides is 2. The molecule has 19 nitrogen and oxygen atoms in total. The molecule has 364 valence electrons. The summed E-state index contributed by atoms with van der Waals surface area (Å²) >= 11 is 0. The van der Waals surface area contributed by atoms with Gasteiger partial charge in [0.25, 0.3) is 0 Å². The zero-order valence-electron chi connectivity index (χ0n) is 39.6. The highest BCUT2D eigenvalue weighted by Gasteiger charge is 2.30. The summed E-state index contributed by atoms with van der Waals surface area (Å²) in [6, 6.07) is 16.9. The number of methoxy groups -OCH3 is 3. The van der Waals surface area contributed by atoms with Crippen molar-refractivity contribution in [3.05, 3.63) is 71.8 Å². The number of Topliss-reactive ketones (excluding diaryl/α,β-unsaturated/α-hetero) is 2. The van der Waals surface area contributed by atoms with Crippen LogP contribution in [0.4, 0.5) is 4.79 Å². The number of ether oxygens (including phenoxy) is 10. The number of ketones is 2. The van der Waals surface area contributed by atoms with Gasteiger partial charge in [-0.05, 0) is 38.8 Å². The number of benzene rings is 2. The van der Waals surface area contributed by atoms with E-state index in [1.165, 1.54) is 18.4 Å². The smallest absolute Gasteiger partial charge is 0.408 e. The van der Waals surface area contributed by atoms with Gasteiger partial charge in [-0.25, -0.2) is 4.79 Å². The Hall–Kier alpha value is -4.40. The van der Waals surface area contributed by atoms with Crippen LogP contribution in [0.25, 0.3) is 0 Å². The fraction of sp³-hybridized carbons (Fsp3) is 0.600. The molecule has 2 amide bonds. The number of aliphatic hydroxyl groups is 2. The van der Waals surface area contributed by atoms with Gasteiger partial charge >= 0.3 is 6.09 Å². The minimum Gasteiger partial charge on any atom is -0.444 e. The number of alkyl carbamates (subject to hydrolysis) is 1. The highest BCUT2D eigenvalue weighted by atomic mass is 16.7. The van der Waals surface area contributed by atoms with Gasteiger partial charge in [0.15, 0.2) is 11.6 Å². The van der Waals surface area contributed by atoms with Gasteiger partial charge in [-0.3, -0.25) is 14.4 Å². The van der Waals surface area contributed by atoms with Crippen LogP contribution < -0.4 is 10.6 Å². The van der Waals surface area contributed by atoms with Gasteiger partial charge in [-0.2, -0.15) is 0 Å². The van der Waals surface area contributed by atoms with E-state index in [1.54, 1.807) is 59.3 Å². The average Bonchev–Trinajstić information content (AvgIpc) is 3.29. The van der Waals surface area contributed by atoms with E-state index in [4.69, 9.17) is 48.7 Å². The third-order valence-corrected chi connectivity index (χ3v) is 7.67. The molecule has 2 aromatic carbocycles. The SMILES string of the molecule is CCOCOCCOC.COCCOCOCC(=O)[C@@H](CO)N(Cc1ccccc1)C(=O)CNC(=O)OC(C)(C)C.COCCOCOCC(=O)[C@@H](CO)NCc1ccccc1.[2H]C#C. The number of hydrogen-bond acceptors (Lipinski definition) is 17. The summed E-state index contributed by atoms with van der Waals surface area (Å²) in [4.78, 5) is 50.5. The van der Waals surface area contributed by atoms with Gasteiger partial charge in [-0.15, -0.1) is 12.8 Å². The number of aliphatic hydroxyl groups excluding tert-OH is 2. The first kappa shape index (κ1) is 59.6. The lowest BCUT2D eigenvalue weighted by Gasteiger charge is -2.30. The third-order valence-electron chi connectivity index (χ3n) is 7.67. The first-order chi connectivity index (χ1) is 31.3. The van der Waals surface area contributed by atoms with Crippen LogP contribution in [0.5, 0.6) is 0 Å². The summed E-state index contributed by atoms with van der Waals surface area (Å²) in [7, 11) is 4.76. The van der Waals surface area contributed by atoms with Gasteiger partial charge in [0.1, 0.15) is 53.2 Å². The van der Waals surface area contributed by atoms with E-state index < -0.39 is 48.6 Å². The monoisotopic (exact) mass is 913 g/mol. The maximum absolute atomic E-state index is 12.9. The Morgan fingerprint density at radius 2 is 1.17 bits per heavy atom. The lowest BCUT2D eigenvalue weighted by Crippen LogP contribution is -2.51. The molecule has 0 saturated carbocycles. The van der Waals surface area contributed by atoms with E-state index >= 15 is 0 Å². The van der Waals surface area contributed by atoms with Crippen molar-refractivity contribution in [1.29, 1.82) is 0 Å². The summed E-state index contributed by atoms with van der Waals surface area (Å²) in [5.74, 6) is -1.25. The zero-order valence-corrected chi connectivity index (χ0v) is 38.6. The molecular formula is C45H73N3O16. The van der Waals surface area contributed by atoms with E-state index in [0.717, 1.165) is 11.1 Å². The maximum Gasteiger partial charge on any atom is 0.408 e.